The molecule has 2 unspecified atom stereocenters. The van der Waals surface area contributed by atoms with E-state index in [2.05, 4.69) is 36.3 Å². The van der Waals surface area contributed by atoms with E-state index in [-0.39, 0.29) is 12.1 Å². The van der Waals surface area contributed by atoms with Gasteiger partial charge in [-0.25, -0.2) is 4.79 Å². The number of carbonyl (C=O) groups is 1. The van der Waals surface area contributed by atoms with Crippen molar-refractivity contribution in [2.24, 2.45) is 5.92 Å². The van der Waals surface area contributed by atoms with Crippen LogP contribution in [0.4, 0.5) is 4.79 Å². The van der Waals surface area contributed by atoms with Gasteiger partial charge in [0, 0.05) is 18.6 Å². The molecule has 2 atom stereocenters. The summed E-state index contributed by atoms with van der Waals surface area (Å²) in [4.78, 5) is 14.2. The van der Waals surface area contributed by atoms with Gasteiger partial charge in [0.25, 0.3) is 0 Å². The molecule has 1 rings (SSSR count). The average molecular weight is 313 g/mol. The Hall–Kier alpha value is -0.810. The molecule has 0 aromatic carbocycles. The van der Waals surface area contributed by atoms with Gasteiger partial charge >= 0.3 is 6.09 Å². The molecule has 0 spiro atoms. The Balaban J connectivity index is 2.24. The van der Waals surface area contributed by atoms with E-state index in [1.165, 1.54) is 25.9 Å². The van der Waals surface area contributed by atoms with E-state index in [1.807, 2.05) is 20.8 Å². The molecule has 0 saturated carbocycles. The fourth-order valence-corrected chi connectivity index (χ4v) is 2.96. The van der Waals surface area contributed by atoms with Crippen LogP contribution in [-0.2, 0) is 4.74 Å². The zero-order valence-electron chi connectivity index (χ0n) is 15.2. The van der Waals surface area contributed by atoms with Crippen LogP contribution in [0.2, 0.25) is 0 Å². The van der Waals surface area contributed by atoms with Gasteiger partial charge in [0.1, 0.15) is 5.60 Å². The Morgan fingerprint density at radius 2 is 1.86 bits per heavy atom. The molecule has 1 fully saturated rings. The van der Waals surface area contributed by atoms with Gasteiger partial charge in [-0.2, -0.15) is 0 Å². The minimum atomic E-state index is -0.443. The first-order chi connectivity index (χ1) is 10.2. The predicted octanol–water partition coefficient (Wildman–Crippen LogP) is 2.61. The van der Waals surface area contributed by atoms with E-state index in [0.717, 1.165) is 12.5 Å². The molecule has 1 saturated heterocycles. The van der Waals surface area contributed by atoms with E-state index in [9.17, 15) is 4.79 Å². The van der Waals surface area contributed by atoms with Crippen molar-refractivity contribution in [1.29, 1.82) is 0 Å². The van der Waals surface area contributed by atoms with Gasteiger partial charge in [0.2, 0.25) is 0 Å². The maximum atomic E-state index is 11.7. The lowest BCUT2D eigenvalue weighted by Gasteiger charge is -2.35. The largest absolute Gasteiger partial charge is 0.444 e. The molecule has 1 amide bonds. The van der Waals surface area contributed by atoms with Gasteiger partial charge in [-0.1, -0.05) is 6.92 Å². The van der Waals surface area contributed by atoms with Gasteiger partial charge < -0.3 is 20.3 Å². The number of likely N-dealkylation sites (tertiary alicyclic amines) is 1. The minimum Gasteiger partial charge on any atom is -0.444 e. The number of ether oxygens (including phenoxy) is 1. The summed E-state index contributed by atoms with van der Waals surface area (Å²) in [6.07, 6.45) is 2.17. The van der Waals surface area contributed by atoms with E-state index in [0.29, 0.717) is 12.6 Å². The van der Waals surface area contributed by atoms with Crippen LogP contribution in [0.5, 0.6) is 0 Å². The Labute approximate surface area is 136 Å². The lowest BCUT2D eigenvalue weighted by Crippen LogP contribution is -2.48. The average Bonchev–Trinajstić information content (AvgIpc) is 2.43. The molecule has 0 aliphatic carbocycles. The summed E-state index contributed by atoms with van der Waals surface area (Å²) in [6.45, 7) is 16.4. The van der Waals surface area contributed by atoms with Gasteiger partial charge in [-0.05, 0) is 73.0 Å². The van der Waals surface area contributed by atoms with Crippen molar-refractivity contribution in [2.75, 3.05) is 26.2 Å². The number of piperidine rings is 1. The molecule has 5 nitrogen and oxygen atoms in total. The summed E-state index contributed by atoms with van der Waals surface area (Å²) in [5.74, 6) is 0.728. The fraction of sp³-hybridized carbons (Fsp3) is 0.941. The van der Waals surface area contributed by atoms with E-state index in [4.69, 9.17) is 4.74 Å². The third-order valence-electron chi connectivity index (χ3n) is 4.29. The first kappa shape index (κ1) is 19.2. The van der Waals surface area contributed by atoms with Crippen LogP contribution in [0.25, 0.3) is 0 Å². The van der Waals surface area contributed by atoms with Crippen molar-refractivity contribution in [3.05, 3.63) is 0 Å². The lowest BCUT2D eigenvalue weighted by atomic mass is 9.90. The molecular formula is C17H35N3O2. The maximum Gasteiger partial charge on any atom is 0.407 e. The molecule has 130 valence electrons. The summed E-state index contributed by atoms with van der Waals surface area (Å²) in [5, 5.41) is 6.44. The highest BCUT2D eigenvalue weighted by atomic mass is 16.6. The quantitative estimate of drug-likeness (QED) is 0.791. The Morgan fingerprint density at radius 1 is 1.27 bits per heavy atom. The summed E-state index contributed by atoms with van der Waals surface area (Å²) < 4.78 is 5.25. The third kappa shape index (κ3) is 7.45. The van der Waals surface area contributed by atoms with Gasteiger partial charge in [0.05, 0.1) is 0 Å². The zero-order chi connectivity index (χ0) is 16.8. The Kier molecular flexibility index (Phi) is 7.63. The number of hydrogen-bond acceptors (Lipinski definition) is 4. The number of nitrogens with one attached hydrogen (secondary N) is 2. The maximum absolute atomic E-state index is 11.7. The molecule has 1 aliphatic heterocycles. The molecule has 1 aliphatic rings. The summed E-state index contributed by atoms with van der Waals surface area (Å²) in [6, 6.07) is 0.723. The van der Waals surface area contributed by atoms with Crippen LogP contribution in [-0.4, -0.2) is 54.9 Å². The minimum absolute atomic E-state index is 0.242. The van der Waals surface area contributed by atoms with Crippen molar-refractivity contribution >= 4 is 6.09 Å². The predicted molar refractivity (Wildman–Crippen MR) is 91.1 cm³/mol. The number of carbonyl (C=O) groups excluding carboxylic acids is 1. The van der Waals surface area contributed by atoms with Crippen LogP contribution in [0.1, 0.15) is 54.4 Å². The van der Waals surface area contributed by atoms with E-state index in [1.54, 1.807) is 0 Å². The van der Waals surface area contributed by atoms with Crippen molar-refractivity contribution in [3.63, 3.8) is 0 Å². The summed E-state index contributed by atoms with van der Waals surface area (Å²) in [5.41, 5.74) is -0.443. The molecule has 0 aromatic rings. The summed E-state index contributed by atoms with van der Waals surface area (Å²) in [7, 11) is 0. The second kappa shape index (κ2) is 8.73. The van der Waals surface area contributed by atoms with Gasteiger partial charge in [-0.15, -0.1) is 0 Å². The third-order valence-corrected chi connectivity index (χ3v) is 4.29. The molecule has 5 heteroatoms. The van der Waals surface area contributed by atoms with Crippen LogP contribution in [0.15, 0.2) is 0 Å². The molecule has 0 radical (unpaired) electrons. The zero-order valence-corrected chi connectivity index (χ0v) is 15.2. The molecule has 1 heterocycles. The van der Waals surface area contributed by atoms with E-state index >= 15 is 0 Å². The fourth-order valence-electron chi connectivity index (χ4n) is 2.96. The number of amides is 1. The van der Waals surface area contributed by atoms with Crippen LogP contribution in [0.3, 0.4) is 0 Å². The second-order valence-corrected chi connectivity index (χ2v) is 7.51. The van der Waals surface area contributed by atoms with Crippen molar-refractivity contribution in [1.82, 2.24) is 15.5 Å². The lowest BCUT2D eigenvalue weighted by molar-refractivity contribution is 0.0521. The van der Waals surface area contributed by atoms with Crippen molar-refractivity contribution < 1.29 is 9.53 Å². The number of hydrogen-bond donors (Lipinski definition) is 2. The first-order valence-corrected chi connectivity index (χ1v) is 8.66. The molecule has 22 heavy (non-hydrogen) atoms. The smallest absolute Gasteiger partial charge is 0.407 e. The Bertz CT molecular complexity index is 333. The molecular weight excluding hydrogens is 278 g/mol. The standard InChI is InChI=1S/C17H35N3O2/c1-7-20-10-8-15(9-11-20)14(3)19-13(2)12-18-16(21)22-17(4,5)6/h13-15,19H,7-12H2,1-6H3,(H,18,21). The van der Waals surface area contributed by atoms with Gasteiger partial charge in [-0.3, -0.25) is 0 Å². The number of rotatable bonds is 6. The Morgan fingerprint density at radius 3 is 2.36 bits per heavy atom. The number of alkyl carbamates (subject to hydrolysis) is 1. The second-order valence-electron chi connectivity index (χ2n) is 7.51. The highest BCUT2D eigenvalue weighted by molar-refractivity contribution is 5.67. The van der Waals surface area contributed by atoms with Gasteiger partial charge in [0.15, 0.2) is 0 Å². The van der Waals surface area contributed by atoms with Crippen molar-refractivity contribution in [3.8, 4) is 0 Å². The van der Waals surface area contributed by atoms with Crippen molar-refractivity contribution in [2.45, 2.75) is 72.1 Å². The highest BCUT2D eigenvalue weighted by Crippen LogP contribution is 2.20. The van der Waals surface area contributed by atoms with Crippen LogP contribution >= 0.6 is 0 Å². The number of nitrogens with zero attached hydrogens (tertiary/aromatic N) is 1. The SMILES string of the molecule is CCN1CCC(C(C)NC(C)CNC(=O)OC(C)(C)C)CC1. The van der Waals surface area contributed by atoms with Crippen LogP contribution in [0, 0.1) is 5.92 Å². The topological polar surface area (TPSA) is 53.6 Å². The highest BCUT2D eigenvalue weighted by Gasteiger charge is 2.24. The summed E-state index contributed by atoms with van der Waals surface area (Å²) >= 11 is 0. The molecule has 0 aromatic heterocycles. The molecule has 0 bridgehead atoms. The normalized spacial score (nSPS) is 20.5. The van der Waals surface area contributed by atoms with Crippen LogP contribution < -0.4 is 10.6 Å². The molecule has 2 N–H and O–H groups in total. The monoisotopic (exact) mass is 313 g/mol. The van der Waals surface area contributed by atoms with E-state index < -0.39 is 5.60 Å². The first-order valence-electron chi connectivity index (χ1n) is 8.66.